The van der Waals surface area contributed by atoms with Crippen LogP contribution in [-0.2, 0) is 9.53 Å². The number of hydrogen-bond donors (Lipinski definition) is 1. The number of nitrogens with one attached hydrogen (secondary N) is 1. The molecule has 2 heterocycles. The minimum absolute atomic E-state index is 0.0183. The lowest BCUT2D eigenvalue weighted by atomic mass is 10.1. The zero-order chi connectivity index (χ0) is 25.9. The molecule has 8 nitrogen and oxygen atoms in total. The van der Waals surface area contributed by atoms with Crippen LogP contribution in [0.25, 0.3) is 27.2 Å². The minimum atomic E-state index is -0.771. The van der Waals surface area contributed by atoms with Crippen LogP contribution < -0.4 is 15.6 Å². The van der Waals surface area contributed by atoms with Crippen molar-refractivity contribution in [1.82, 2.24) is 9.78 Å². The van der Waals surface area contributed by atoms with E-state index in [0.717, 1.165) is 26.8 Å². The van der Waals surface area contributed by atoms with E-state index in [0.29, 0.717) is 5.75 Å². The minimum Gasteiger partial charge on any atom is -0.483 e. The van der Waals surface area contributed by atoms with Gasteiger partial charge in [-0.1, -0.05) is 48.5 Å². The molecule has 1 amide bonds. The number of esters is 1. The molecule has 1 N–H and O–H groups in total. The molecule has 0 aliphatic heterocycles. The maximum atomic E-state index is 14.5. The summed E-state index contributed by atoms with van der Waals surface area (Å²) in [6, 6.07) is 18.7. The number of hydrogen-bond acceptors (Lipinski definition) is 7. The summed E-state index contributed by atoms with van der Waals surface area (Å²) in [7, 11) is 0. The number of carbonyl (C=O) groups is 2. The van der Waals surface area contributed by atoms with Gasteiger partial charge in [-0.3, -0.25) is 9.59 Å². The standard InChI is InChI=1S/C27H20FN3O5S/c1-2-35-27(34)24-18-15-37-25(23(18)26(33)31(30-24)20-12-6-5-11-19(20)28)29-22(32)14-36-21-13-7-9-16-8-3-4-10-17(16)21/h3-13,15H,2,14H2,1H3,(H,29,32). The summed E-state index contributed by atoms with van der Waals surface area (Å²) in [5.41, 5.74) is -0.995. The molecule has 37 heavy (non-hydrogen) atoms. The van der Waals surface area contributed by atoms with Crippen molar-refractivity contribution in [3.05, 3.63) is 94.0 Å². The number of para-hydroxylation sites is 1. The van der Waals surface area contributed by atoms with E-state index in [9.17, 15) is 18.8 Å². The quantitative estimate of drug-likeness (QED) is 0.307. The van der Waals surface area contributed by atoms with Crippen LogP contribution in [0.3, 0.4) is 0 Å². The van der Waals surface area contributed by atoms with Gasteiger partial charge in [0.1, 0.15) is 22.3 Å². The summed E-state index contributed by atoms with van der Waals surface area (Å²) in [6.07, 6.45) is 0. The first-order valence-electron chi connectivity index (χ1n) is 11.3. The van der Waals surface area contributed by atoms with Gasteiger partial charge in [-0.25, -0.2) is 9.18 Å². The van der Waals surface area contributed by atoms with Gasteiger partial charge >= 0.3 is 5.97 Å². The number of benzene rings is 3. The predicted molar refractivity (Wildman–Crippen MR) is 139 cm³/mol. The maximum Gasteiger partial charge on any atom is 0.359 e. The summed E-state index contributed by atoms with van der Waals surface area (Å²) >= 11 is 1.04. The number of carbonyl (C=O) groups excluding carboxylic acids is 2. The van der Waals surface area contributed by atoms with Gasteiger partial charge < -0.3 is 14.8 Å². The number of nitrogens with zero attached hydrogens (tertiary/aromatic N) is 2. The van der Waals surface area contributed by atoms with Crippen LogP contribution in [0, 0.1) is 5.82 Å². The first-order chi connectivity index (χ1) is 18.0. The van der Waals surface area contributed by atoms with Crippen molar-refractivity contribution < 1.29 is 23.5 Å². The summed E-state index contributed by atoms with van der Waals surface area (Å²) in [6.45, 7) is 1.40. The van der Waals surface area contributed by atoms with Gasteiger partial charge in [0, 0.05) is 16.2 Å². The highest BCUT2D eigenvalue weighted by molar-refractivity contribution is 7.16. The second-order valence-corrected chi connectivity index (χ2v) is 8.78. The number of thiophene rings is 1. The summed E-state index contributed by atoms with van der Waals surface area (Å²) < 4.78 is 26.2. The number of halogens is 1. The third-order valence-electron chi connectivity index (χ3n) is 5.56. The van der Waals surface area contributed by atoms with Crippen molar-refractivity contribution in [1.29, 1.82) is 0 Å². The molecule has 0 radical (unpaired) electrons. The Balaban J connectivity index is 1.50. The Bertz CT molecular complexity index is 1710. The summed E-state index contributed by atoms with van der Waals surface area (Å²) in [4.78, 5) is 38.8. The number of aromatic nitrogens is 2. The molecule has 0 saturated heterocycles. The first kappa shape index (κ1) is 24.1. The van der Waals surface area contributed by atoms with E-state index in [4.69, 9.17) is 9.47 Å². The summed E-state index contributed by atoms with van der Waals surface area (Å²) in [5, 5.41) is 10.6. The fourth-order valence-corrected chi connectivity index (χ4v) is 4.86. The van der Waals surface area contributed by atoms with Crippen LogP contribution in [0.4, 0.5) is 9.39 Å². The number of rotatable bonds is 7. The van der Waals surface area contributed by atoms with E-state index in [1.165, 1.54) is 23.6 Å². The van der Waals surface area contributed by atoms with Crippen molar-refractivity contribution in [3.63, 3.8) is 0 Å². The van der Waals surface area contributed by atoms with Crippen molar-refractivity contribution in [2.24, 2.45) is 0 Å². The lowest BCUT2D eigenvalue weighted by molar-refractivity contribution is -0.118. The Hall–Kier alpha value is -4.57. The molecule has 0 saturated carbocycles. The third kappa shape index (κ3) is 4.66. The second kappa shape index (κ2) is 10.2. The Morgan fingerprint density at radius 1 is 1.03 bits per heavy atom. The van der Waals surface area contributed by atoms with Crippen LogP contribution in [-0.4, -0.2) is 34.9 Å². The molecular formula is C27H20FN3O5S. The Morgan fingerprint density at radius 2 is 1.78 bits per heavy atom. The van der Waals surface area contributed by atoms with E-state index in [2.05, 4.69) is 10.4 Å². The van der Waals surface area contributed by atoms with Gasteiger partial charge in [0.2, 0.25) is 0 Å². The normalized spacial score (nSPS) is 11.0. The smallest absolute Gasteiger partial charge is 0.359 e. The van der Waals surface area contributed by atoms with E-state index >= 15 is 0 Å². The van der Waals surface area contributed by atoms with Crippen molar-refractivity contribution in [2.45, 2.75) is 6.92 Å². The number of fused-ring (bicyclic) bond motifs is 2. The Labute approximate surface area is 213 Å². The highest BCUT2D eigenvalue weighted by Gasteiger charge is 2.24. The highest BCUT2D eigenvalue weighted by Crippen LogP contribution is 2.31. The fraction of sp³-hybridized carbons (Fsp3) is 0.111. The van der Waals surface area contributed by atoms with E-state index in [1.807, 2.05) is 36.4 Å². The molecule has 0 bridgehead atoms. The van der Waals surface area contributed by atoms with Gasteiger partial charge in [-0.2, -0.15) is 9.78 Å². The van der Waals surface area contributed by atoms with Crippen LogP contribution >= 0.6 is 11.3 Å². The average molecular weight is 518 g/mol. The van der Waals surface area contributed by atoms with Gasteiger partial charge in [-0.05, 0) is 30.5 Å². The molecule has 186 valence electrons. The predicted octanol–water partition coefficient (Wildman–Crippen LogP) is 4.93. The molecule has 0 aliphatic carbocycles. The zero-order valence-corrected chi connectivity index (χ0v) is 20.4. The lowest BCUT2D eigenvalue weighted by Crippen LogP contribution is -2.27. The topological polar surface area (TPSA) is 99.5 Å². The number of anilines is 1. The van der Waals surface area contributed by atoms with Gasteiger partial charge in [0.25, 0.3) is 11.5 Å². The van der Waals surface area contributed by atoms with Gasteiger partial charge in [0.05, 0.1) is 12.0 Å². The van der Waals surface area contributed by atoms with Crippen LogP contribution in [0.1, 0.15) is 17.4 Å². The molecule has 5 rings (SSSR count). The molecule has 3 aromatic carbocycles. The molecule has 10 heteroatoms. The summed E-state index contributed by atoms with van der Waals surface area (Å²) in [5.74, 6) is -1.44. The van der Waals surface area contributed by atoms with Crippen LogP contribution in [0.15, 0.2) is 76.9 Å². The van der Waals surface area contributed by atoms with Gasteiger partial charge in [0.15, 0.2) is 12.3 Å². The maximum absolute atomic E-state index is 14.5. The Kier molecular flexibility index (Phi) is 6.65. The SMILES string of the molecule is CCOC(=O)c1nn(-c2ccccc2F)c(=O)c2c(NC(=O)COc3cccc4ccccc34)scc12. The molecule has 0 aliphatic rings. The molecule has 0 atom stereocenters. The molecule has 0 fully saturated rings. The highest BCUT2D eigenvalue weighted by atomic mass is 32.1. The van der Waals surface area contributed by atoms with E-state index in [1.54, 1.807) is 19.1 Å². The van der Waals surface area contributed by atoms with Crippen molar-refractivity contribution in [3.8, 4) is 11.4 Å². The van der Waals surface area contributed by atoms with Crippen LogP contribution in [0.5, 0.6) is 5.75 Å². The molecule has 2 aromatic heterocycles. The van der Waals surface area contributed by atoms with E-state index < -0.39 is 23.3 Å². The lowest BCUT2D eigenvalue weighted by Gasteiger charge is -2.11. The second-order valence-electron chi connectivity index (χ2n) is 7.91. The largest absolute Gasteiger partial charge is 0.483 e. The number of ether oxygens (including phenoxy) is 2. The van der Waals surface area contributed by atoms with Crippen molar-refractivity contribution >= 4 is 49.8 Å². The zero-order valence-electron chi connectivity index (χ0n) is 19.6. The van der Waals surface area contributed by atoms with Gasteiger partial charge in [-0.15, -0.1) is 11.3 Å². The third-order valence-corrected chi connectivity index (χ3v) is 6.46. The van der Waals surface area contributed by atoms with E-state index in [-0.39, 0.29) is 40.4 Å². The Morgan fingerprint density at radius 3 is 2.59 bits per heavy atom. The van der Waals surface area contributed by atoms with Crippen molar-refractivity contribution in [2.75, 3.05) is 18.5 Å². The molecule has 0 unspecified atom stereocenters. The molecular weight excluding hydrogens is 497 g/mol. The average Bonchev–Trinajstić information content (AvgIpc) is 3.32. The number of amides is 1. The molecule has 5 aromatic rings. The fourth-order valence-electron chi connectivity index (χ4n) is 3.91. The first-order valence-corrected chi connectivity index (χ1v) is 12.2. The molecule has 0 spiro atoms. The van der Waals surface area contributed by atoms with Crippen LogP contribution in [0.2, 0.25) is 0 Å². The monoisotopic (exact) mass is 517 g/mol.